The van der Waals surface area contributed by atoms with E-state index >= 15 is 4.39 Å². The number of aromatic nitrogens is 4. The van der Waals surface area contributed by atoms with Crippen LogP contribution in [0.2, 0.25) is 0 Å². The van der Waals surface area contributed by atoms with Crippen LogP contribution in [-0.4, -0.2) is 79.9 Å². The van der Waals surface area contributed by atoms with Crippen LogP contribution in [0.1, 0.15) is 26.7 Å². The van der Waals surface area contributed by atoms with Gasteiger partial charge in [-0.2, -0.15) is 5.10 Å². The van der Waals surface area contributed by atoms with Gasteiger partial charge in [-0.3, -0.25) is 9.69 Å². The van der Waals surface area contributed by atoms with Crippen LogP contribution in [0.15, 0.2) is 66.6 Å². The highest BCUT2D eigenvalue weighted by molar-refractivity contribution is 5.98. The van der Waals surface area contributed by atoms with Crippen LogP contribution in [0.4, 0.5) is 10.2 Å². The zero-order valence-electron chi connectivity index (χ0n) is 25.3. The van der Waals surface area contributed by atoms with Gasteiger partial charge >= 0.3 is 0 Å². The third-order valence-corrected chi connectivity index (χ3v) is 8.41. The SMILES string of the molecule is [C-]#[N+]/C(=C\C(C)(C)N1CCOCC1)C(=O)N1CCC[C@H]1Cn1nc(-c2ccc(Oc3ccccc3)cc2F)c2c(N)ncnc21. The zero-order valence-corrected chi connectivity index (χ0v) is 25.3. The topological polar surface area (TPSA) is 116 Å². The van der Waals surface area contributed by atoms with Gasteiger partial charge in [-0.1, -0.05) is 24.3 Å². The summed E-state index contributed by atoms with van der Waals surface area (Å²) in [5.41, 5.74) is 6.86. The normalized spacial score (nSPS) is 17.9. The fourth-order valence-corrected chi connectivity index (χ4v) is 6.07. The Balaban J connectivity index is 1.28. The Labute approximate surface area is 260 Å². The van der Waals surface area contributed by atoms with Gasteiger partial charge in [0.1, 0.15) is 35.2 Å². The Morgan fingerprint density at radius 1 is 1.16 bits per heavy atom. The smallest absolute Gasteiger partial charge is 0.252 e. The maximum Gasteiger partial charge on any atom is 0.252 e. The molecule has 1 amide bonds. The summed E-state index contributed by atoms with van der Waals surface area (Å²) in [6.45, 7) is 15.4. The number of para-hydroxylation sites is 1. The van der Waals surface area contributed by atoms with Gasteiger partial charge in [-0.05, 0) is 51.0 Å². The summed E-state index contributed by atoms with van der Waals surface area (Å²) < 4.78 is 28.5. The van der Waals surface area contributed by atoms with Crippen LogP contribution >= 0.6 is 0 Å². The number of nitrogens with zero attached hydrogens (tertiary/aromatic N) is 7. The predicted molar refractivity (Wildman–Crippen MR) is 168 cm³/mol. The number of nitrogens with two attached hydrogens (primary N) is 1. The minimum absolute atomic E-state index is 0.0934. The number of carbonyl (C=O) groups is 1. The molecule has 0 bridgehead atoms. The molecule has 11 nitrogen and oxygen atoms in total. The van der Waals surface area contributed by atoms with Gasteiger partial charge in [-0.15, -0.1) is 0 Å². The Kier molecular flexibility index (Phi) is 8.47. The number of hydrogen-bond donors (Lipinski definition) is 1. The molecule has 0 aliphatic carbocycles. The number of morpholine rings is 1. The summed E-state index contributed by atoms with van der Waals surface area (Å²) in [6.07, 6.45) is 4.63. The first-order chi connectivity index (χ1) is 21.7. The Bertz CT molecular complexity index is 1780. The lowest BCUT2D eigenvalue weighted by atomic mass is 10.00. The molecule has 45 heavy (non-hydrogen) atoms. The van der Waals surface area contributed by atoms with Gasteiger partial charge < -0.3 is 20.1 Å². The maximum atomic E-state index is 15.6. The van der Waals surface area contributed by atoms with Crippen LogP contribution < -0.4 is 10.5 Å². The molecule has 2 saturated heterocycles. The van der Waals surface area contributed by atoms with Gasteiger partial charge in [0.2, 0.25) is 5.70 Å². The van der Waals surface area contributed by atoms with Crippen molar-refractivity contribution in [2.45, 2.75) is 44.8 Å². The molecule has 0 spiro atoms. The lowest BCUT2D eigenvalue weighted by molar-refractivity contribution is -0.127. The summed E-state index contributed by atoms with van der Waals surface area (Å²) >= 11 is 0. The molecule has 4 heterocycles. The van der Waals surface area contributed by atoms with Crippen LogP contribution in [0.5, 0.6) is 11.5 Å². The second-order valence-electron chi connectivity index (χ2n) is 11.7. The number of hydrogen-bond acceptors (Lipinski definition) is 8. The van der Waals surface area contributed by atoms with Crippen molar-refractivity contribution in [2.24, 2.45) is 0 Å². The molecule has 2 fully saturated rings. The number of benzene rings is 2. The fourth-order valence-electron chi connectivity index (χ4n) is 6.07. The number of ether oxygens (including phenoxy) is 2. The largest absolute Gasteiger partial charge is 0.457 e. The quantitative estimate of drug-likeness (QED) is 0.221. The van der Waals surface area contributed by atoms with E-state index in [1.807, 2.05) is 32.0 Å². The fraction of sp³-hybridized carbons (Fsp3) is 0.364. The van der Waals surface area contributed by atoms with E-state index in [-0.39, 0.29) is 29.0 Å². The highest BCUT2D eigenvalue weighted by Crippen LogP contribution is 2.35. The van der Waals surface area contributed by atoms with Crippen molar-refractivity contribution in [1.29, 1.82) is 0 Å². The molecule has 2 aromatic carbocycles. The monoisotopic (exact) mass is 610 g/mol. The molecule has 2 N–H and O–H groups in total. The number of anilines is 1. The molecule has 2 aliphatic rings. The number of nitrogen functional groups attached to an aromatic ring is 1. The van der Waals surface area contributed by atoms with E-state index in [0.29, 0.717) is 54.5 Å². The Hall–Kier alpha value is -4.86. The molecule has 0 unspecified atom stereocenters. The molecule has 12 heteroatoms. The zero-order chi connectivity index (χ0) is 31.6. The second-order valence-corrected chi connectivity index (χ2v) is 11.7. The first kappa shape index (κ1) is 30.2. The van der Waals surface area contributed by atoms with Crippen LogP contribution in [0.25, 0.3) is 27.1 Å². The van der Waals surface area contributed by atoms with Crippen molar-refractivity contribution in [2.75, 3.05) is 38.6 Å². The Morgan fingerprint density at radius 2 is 1.93 bits per heavy atom. The molecule has 6 rings (SSSR count). The van der Waals surface area contributed by atoms with Crippen LogP contribution in [0.3, 0.4) is 0 Å². The standard InChI is InChI=1S/C33H35FN8O3/c1-33(2,40-14-16-44-17-15-40)19-27(36-3)32(43)41-13-7-8-22(41)20-42-31-28(30(35)37-21-38-31)29(39-42)25-12-11-24(18-26(25)34)45-23-9-5-4-6-10-23/h4-6,9-12,18-19,21-22H,7-8,13-17,20H2,1-2H3,(H2,35,37,38)/b27-19-/t22-/m0/s1. The minimum Gasteiger partial charge on any atom is -0.457 e. The summed E-state index contributed by atoms with van der Waals surface area (Å²) in [6, 6.07) is 13.5. The third kappa shape index (κ3) is 6.22. The average molecular weight is 611 g/mol. The summed E-state index contributed by atoms with van der Waals surface area (Å²) in [4.78, 5) is 29.9. The molecule has 0 radical (unpaired) electrons. The number of amides is 1. The van der Waals surface area contributed by atoms with Crippen molar-refractivity contribution in [3.05, 3.63) is 83.9 Å². The molecular weight excluding hydrogens is 575 g/mol. The highest BCUT2D eigenvalue weighted by Gasteiger charge is 2.35. The summed E-state index contributed by atoms with van der Waals surface area (Å²) in [5.74, 6) is 0.267. The number of rotatable bonds is 8. The lowest BCUT2D eigenvalue weighted by Crippen LogP contribution is -2.49. The lowest BCUT2D eigenvalue weighted by Gasteiger charge is -2.39. The number of carbonyl (C=O) groups excluding carboxylic acids is 1. The van der Waals surface area contributed by atoms with E-state index in [2.05, 4.69) is 19.7 Å². The molecular formula is C33H35FN8O3. The van der Waals surface area contributed by atoms with Crippen LogP contribution in [-0.2, 0) is 16.1 Å². The minimum atomic E-state index is -0.536. The number of likely N-dealkylation sites (tertiary alicyclic amines) is 1. The van der Waals surface area contributed by atoms with E-state index in [9.17, 15) is 4.79 Å². The van der Waals surface area contributed by atoms with Crippen molar-refractivity contribution in [1.82, 2.24) is 29.5 Å². The summed E-state index contributed by atoms with van der Waals surface area (Å²) in [7, 11) is 0. The van der Waals surface area contributed by atoms with E-state index in [1.54, 1.807) is 39.9 Å². The van der Waals surface area contributed by atoms with E-state index < -0.39 is 11.4 Å². The number of halogens is 1. The molecule has 0 saturated carbocycles. The van der Waals surface area contributed by atoms with Crippen LogP contribution in [0, 0.1) is 12.4 Å². The molecule has 232 valence electrons. The molecule has 2 aliphatic heterocycles. The average Bonchev–Trinajstić information content (AvgIpc) is 3.66. The second kappa shape index (κ2) is 12.6. The molecule has 2 aromatic heterocycles. The first-order valence-electron chi connectivity index (χ1n) is 15.0. The van der Waals surface area contributed by atoms with Crippen molar-refractivity contribution in [3.63, 3.8) is 0 Å². The first-order valence-corrected chi connectivity index (χ1v) is 15.0. The maximum absolute atomic E-state index is 15.6. The molecule has 1 atom stereocenters. The van der Waals surface area contributed by atoms with Crippen molar-refractivity contribution < 1.29 is 18.7 Å². The number of fused-ring (bicyclic) bond motifs is 1. The highest BCUT2D eigenvalue weighted by atomic mass is 19.1. The predicted octanol–water partition coefficient (Wildman–Crippen LogP) is 4.91. The van der Waals surface area contributed by atoms with E-state index in [1.165, 1.54) is 12.4 Å². The van der Waals surface area contributed by atoms with Crippen molar-refractivity contribution >= 4 is 22.8 Å². The van der Waals surface area contributed by atoms with Gasteiger partial charge in [-0.25, -0.2) is 23.9 Å². The van der Waals surface area contributed by atoms with E-state index in [4.69, 9.17) is 26.9 Å². The van der Waals surface area contributed by atoms with E-state index in [0.717, 1.165) is 25.9 Å². The Morgan fingerprint density at radius 3 is 2.67 bits per heavy atom. The van der Waals surface area contributed by atoms with Gasteiger partial charge in [0.15, 0.2) is 5.65 Å². The van der Waals surface area contributed by atoms with Gasteiger partial charge in [0, 0.05) is 36.8 Å². The third-order valence-electron chi connectivity index (χ3n) is 8.41. The van der Waals surface area contributed by atoms with Crippen molar-refractivity contribution in [3.8, 4) is 22.8 Å². The summed E-state index contributed by atoms with van der Waals surface area (Å²) in [5, 5.41) is 5.19. The van der Waals surface area contributed by atoms with Gasteiger partial charge in [0.05, 0.1) is 37.8 Å². The molecule has 4 aromatic rings. The van der Waals surface area contributed by atoms with Gasteiger partial charge in [0.25, 0.3) is 5.91 Å².